The zero-order chi connectivity index (χ0) is 28.0. The van der Waals surface area contributed by atoms with E-state index in [0.717, 1.165) is 17.3 Å². The zero-order valence-corrected chi connectivity index (χ0v) is 24.0. The normalized spacial score (nSPS) is 13.9. The molecule has 1 aromatic carbocycles. The van der Waals surface area contributed by atoms with E-state index >= 15 is 0 Å². The molecule has 0 aromatic heterocycles. The van der Waals surface area contributed by atoms with Crippen molar-refractivity contribution in [3.63, 3.8) is 0 Å². The molecule has 1 aromatic rings. The molecule has 200 valence electrons. The summed E-state index contributed by atoms with van der Waals surface area (Å²) < 4.78 is 31.8. The van der Waals surface area contributed by atoms with Gasteiger partial charge in [0.15, 0.2) is 5.12 Å². The van der Waals surface area contributed by atoms with Crippen LogP contribution in [0.1, 0.15) is 26.3 Å². The van der Waals surface area contributed by atoms with Crippen LogP contribution in [-0.2, 0) is 33.9 Å². The number of aryl methyl sites for hydroxylation is 1. The summed E-state index contributed by atoms with van der Waals surface area (Å²) in [4.78, 5) is 42.5. The van der Waals surface area contributed by atoms with Gasteiger partial charge in [0.1, 0.15) is 16.4 Å². The van der Waals surface area contributed by atoms with Gasteiger partial charge in [-0.3, -0.25) is 19.2 Å². The van der Waals surface area contributed by atoms with Crippen LogP contribution in [-0.4, -0.2) is 76.7 Å². The molecule has 0 amide bonds. The second-order valence-electron chi connectivity index (χ2n) is 7.43. The van der Waals surface area contributed by atoms with E-state index in [1.165, 1.54) is 40.0 Å². The number of carbonyl (C=O) groups is 4. The number of carboxylic acids is 2. The van der Waals surface area contributed by atoms with Crippen LogP contribution in [0.25, 0.3) is 0 Å². The first kappa shape index (κ1) is 35.5. The molecule has 15 heteroatoms. The predicted molar refractivity (Wildman–Crippen MR) is 141 cm³/mol. The highest BCUT2D eigenvalue weighted by Crippen LogP contribution is 2.20. The highest BCUT2D eigenvalue weighted by atomic mass is 79.9. The summed E-state index contributed by atoms with van der Waals surface area (Å²) in [5, 5.41) is 15.8. The van der Waals surface area contributed by atoms with E-state index in [2.05, 4.69) is 38.0 Å². The molecule has 0 aliphatic heterocycles. The molecule has 35 heavy (non-hydrogen) atoms. The maximum absolute atomic E-state index is 12.4. The summed E-state index contributed by atoms with van der Waals surface area (Å²) in [6.07, 6.45) is 0. The van der Waals surface area contributed by atoms with Crippen LogP contribution < -0.4 is 10.5 Å². The average Bonchev–Trinajstić information content (AvgIpc) is 2.77. The van der Waals surface area contributed by atoms with E-state index in [0.29, 0.717) is 0 Å². The Kier molecular flexibility index (Phi) is 16.4. The smallest absolute Gasteiger partial charge is 0.327 e. The Hall–Kier alpha value is -1.65. The third-order valence-corrected chi connectivity index (χ3v) is 7.70. The summed E-state index contributed by atoms with van der Waals surface area (Å²) in [7, 11) is -2.75. The number of rotatable bonds is 9. The molecule has 2 atom stereocenters. The second kappa shape index (κ2) is 16.2. The lowest BCUT2D eigenvalue weighted by atomic mass is 10.1. The van der Waals surface area contributed by atoms with Crippen molar-refractivity contribution in [3.8, 4) is 0 Å². The molecule has 11 nitrogen and oxygen atoms in total. The number of benzene rings is 1. The lowest BCUT2D eigenvalue weighted by Gasteiger charge is -2.26. The summed E-state index contributed by atoms with van der Waals surface area (Å²) in [6.45, 7) is 5.99. The Morgan fingerprint density at radius 1 is 1.17 bits per heavy atom. The summed E-state index contributed by atoms with van der Waals surface area (Å²) >= 11 is 7.30. The van der Waals surface area contributed by atoms with Gasteiger partial charge in [0.2, 0.25) is 10.0 Å². The molecule has 5 N–H and O–H groups in total. The van der Waals surface area contributed by atoms with Gasteiger partial charge in [0.05, 0.1) is 12.0 Å². The van der Waals surface area contributed by atoms with E-state index < -0.39 is 39.0 Å². The topological polar surface area (TPSA) is 190 Å². The Morgan fingerprint density at radius 3 is 1.91 bits per heavy atom. The molecule has 0 bridgehead atoms. The molecule has 2 unspecified atom stereocenters. The van der Waals surface area contributed by atoms with Crippen molar-refractivity contribution < 1.29 is 42.5 Å². The number of methoxy groups -OCH3 is 1. The number of aliphatic carboxylic acids is 2. The average molecular weight is 620 g/mol. The first-order chi connectivity index (χ1) is 15.9. The molecule has 0 aliphatic rings. The number of alkyl halides is 1. The standard InChI is InChI=1S/C14H19NO5S2.C4H9NO2S.C2H3BrO2/c1-10-5-7-12(8-6-10)22(18,19)15-14(3,13(17)20-4)9-21-11(2)16;1-4(5,2-8)3(6)7;3-1-2(4)5/h5-8,15H,9H2,1-4H3;8H,2,5H2,1H3,(H,6,7);1H2,(H,4,5). The van der Waals surface area contributed by atoms with Gasteiger partial charge in [-0.2, -0.15) is 17.4 Å². The predicted octanol–water partition coefficient (Wildman–Crippen LogP) is 1.67. The van der Waals surface area contributed by atoms with Crippen LogP contribution in [0.2, 0.25) is 0 Å². The monoisotopic (exact) mass is 618 g/mol. The molecule has 0 saturated heterocycles. The number of nitrogens with one attached hydrogen (secondary N) is 1. The molecule has 0 fully saturated rings. The van der Waals surface area contributed by atoms with Crippen molar-refractivity contribution >= 4 is 73.4 Å². The van der Waals surface area contributed by atoms with Gasteiger partial charge >= 0.3 is 17.9 Å². The first-order valence-electron chi connectivity index (χ1n) is 9.61. The SMILES string of the molecule is CC(N)(CS)C(=O)O.COC(=O)C(C)(CSC(C)=O)NS(=O)(=O)c1ccc(C)cc1.O=C(O)CBr. The van der Waals surface area contributed by atoms with Gasteiger partial charge in [-0.1, -0.05) is 45.4 Å². The number of sulfonamides is 1. The Labute approximate surface area is 223 Å². The van der Waals surface area contributed by atoms with Gasteiger partial charge in [-0.15, -0.1) is 0 Å². The molecule has 0 spiro atoms. The van der Waals surface area contributed by atoms with Crippen LogP contribution in [0, 0.1) is 6.92 Å². The first-order valence-corrected chi connectivity index (χ1v) is 13.8. The van der Waals surface area contributed by atoms with Crippen LogP contribution in [0.3, 0.4) is 0 Å². The second-order valence-corrected chi connectivity index (χ2v) is 11.1. The van der Waals surface area contributed by atoms with Crippen molar-refractivity contribution in [1.82, 2.24) is 4.72 Å². The summed E-state index contributed by atoms with van der Waals surface area (Å²) in [5.74, 6) is -2.50. The van der Waals surface area contributed by atoms with Crippen molar-refractivity contribution in [1.29, 1.82) is 0 Å². The molecule has 0 radical (unpaired) electrons. The lowest BCUT2D eigenvalue weighted by molar-refractivity contribution is -0.146. The van der Waals surface area contributed by atoms with Crippen molar-refractivity contribution in [2.24, 2.45) is 5.73 Å². The fourth-order valence-corrected chi connectivity index (χ4v) is 4.01. The van der Waals surface area contributed by atoms with Crippen LogP contribution >= 0.6 is 40.3 Å². The summed E-state index contributed by atoms with van der Waals surface area (Å²) in [6, 6.07) is 6.23. The fourth-order valence-electron chi connectivity index (χ4n) is 1.74. The largest absolute Gasteiger partial charge is 0.481 e. The van der Waals surface area contributed by atoms with Gasteiger partial charge in [-0.05, 0) is 32.9 Å². The van der Waals surface area contributed by atoms with E-state index in [1.54, 1.807) is 12.1 Å². The maximum atomic E-state index is 12.4. The van der Waals surface area contributed by atoms with E-state index in [4.69, 9.17) is 15.9 Å². The minimum atomic E-state index is -3.91. The maximum Gasteiger partial charge on any atom is 0.327 e. The Morgan fingerprint density at radius 2 is 1.63 bits per heavy atom. The van der Waals surface area contributed by atoms with Crippen LogP contribution in [0.4, 0.5) is 0 Å². The van der Waals surface area contributed by atoms with E-state index in [9.17, 15) is 27.6 Å². The number of hydrogen-bond donors (Lipinski definition) is 5. The molecular formula is C20H31BrN2O9S3. The van der Waals surface area contributed by atoms with Crippen molar-refractivity contribution in [3.05, 3.63) is 29.8 Å². The van der Waals surface area contributed by atoms with Gasteiger partial charge in [-0.25, -0.2) is 8.42 Å². The lowest BCUT2D eigenvalue weighted by Crippen LogP contribution is -2.54. The quantitative estimate of drug-likeness (QED) is 0.154. The van der Waals surface area contributed by atoms with Crippen LogP contribution in [0.15, 0.2) is 29.2 Å². The molecule has 1 rings (SSSR count). The number of esters is 1. The van der Waals surface area contributed by atoms with Crippen LogP contribution in [0.5, 0.6) is 0 Å². The summed E-state index contributed by atoms with van der Waals surface area (Å²) in [5.41, 5.74) is 3.39. The Bertz CT molecular complexity index is 971. The molecule has 0 heterocycles. The minimum Gasteiger partial charge on any atom is -0.481 e. The number of ether oxygens (including phenoxy) is 1. The van der Waals surface area contributed by atoms with E-state index in [-0.39, 0.29) is 26.8 Å². The third-order valence-electron chi connectivity index (χ3n) is 3.82. The third kappa shape index (κ3) is 14.5. The molecular weight excluding hydrogens is 588 g/mol. The van der Waals surface area contributed by atoms with Gasteiger partial charge < -0.3 is 20.7 Å². The number of thioether (sulfide) groups is 1. The fraction of sp³-hybridized carbons (Fsp3) is 0.500. The van der Waals surface area contributed by atoms with Gasteiger partial charge in [0, 0.05) is 18.4 Å². The number of carboxylic acid groups (broad SMARTS) is 2. The minimum absolute atomic E-state index is 0.0347. The van der Waals surface area contributed by atoms with Crippen molar-refractivity contribution in [2.75, 3.05) is 23.9 Å². The number of thiol groups is 1. The number of carbonyl (C=O) groups excluding carboxylic acids is 2. The highest BCUT2D eigenvalue weighted by molar-refractivity contribution is 9.09. The number of hydrogen-bond acceptors (Lipinski definition) is 10. The molecule has 0 saturated carbocycles. The number of nitrogens with two attached hydrogens (primary N) is 1. The van der Waals surface area contributed by atoms with Crippen molar-refractivity contribution in [2.45, 2.75) is 43.7 Å². The molecule has 0 aliphatic carbocycles. The highest BCUT2D eigenvalue weighted by Gasteiger charge is 2.39. The Balaban J connectivity index is 0. The van der Waals surface area contributed by atoms with Gasteiger partial charge in [0.25, 0.3) is 0 Å². The number of halogens is 1. The van der Waals surface area contributed by atoms with E-state index in [1.807, 2.05) is 6.92 Å². The zero-order valence-electron chi connectivity index (χ0n) is 19.9.